The molecule has 3 heteroatoms. The predicted octanol–water partition coefficient (Wildman–Crippen LogP) is 4.01. The number of hydrogen-bond donors (Lipinski definition) is 1. The van der Waals surface area contributed by atoms with Gasteiger partial charge in [0.15, 0.2) is 0 Å². The van der Waals surface area contributed by atoms with Gasteiger partial charge in [-0.2, -0.15) is 0 Å². The normalized spacial score (nSPS) is 14.1. The molecule has 0 fully saturated rings. The molecule has 0 aliphatic carbocycles. The van der Waals surface area contributed by atoms with Crippen molar-refractivity contribution >= 4 is 23.1 Å². The van der Waals surface area contributed by atoms with E-state index in [2.05, 4.69) is 36.4 Å². The Balaban J connectivity index is 0.00000108. The van der Waals surface area contributed by atoms with Crippen LogP contribution in [0, 0.1) is 4.78 Å². The van der Waals surface area contributed by atoms with Gasteiger partial charge in [-0.25, -0.2) is 0 Å². The fourth-order valence-corrected chi connectivity index (χ4v) is 3.74. The molecule has 0 spiro atoms. The van der Waals surface area contributed by atoms with Crippen molar-refractivity contribution in [2.24, 2.45) is 0 Å². The van der Waals surface area contributed by atoms with Gasteiger partial charge in [0.25, 0.3) is 0 Å². The molecule has 0 saturated carbocycles. The van der Waals surface area contributed by atoms with E-state index in [9.17, 15) is 0 Å². The van der Waals surface area contributed by atoms with E-state index >= 15 is 0 Å². The minimum absolute atomic E-state index is 0. The maximum absolute atomic E-state index is 8.40. The summed E-state index contributed by atoms with van der Waals surface area (Å²) in [7, 11) is -0.507. The van der Waals surface area contributed by atoms with Gasteiger partial charge >= 0.3 is 0 Å². The summed E-state index contributed by atoms with van der Waals surface area (Å²) in [6.45, 7) is 0. The molecule has 0 bridgehead atoms. The predicted molar refractivity (Wildman–Crippen MR) is 74.2 cm³/mol. The molecule has 1 nitrogen and oxygen atoms in total. The number of benzene rings is 2. The van der Waals surface area contributed by atoms with E-state index < -0.39 is 10.7 Å². The van der Waals surface area contributed by atoms with E-state index in [1.54, 1.807) is 0 Å². The highest BCUT2D eigenvalue weighted by Gasteiger charge is 2.15. The molecule has 3 rings (SSSR count). The minimum Gasteiger partial charge on any atom is -0.271 e. The van der Waals surface area contributed by atoms with Gasteiger partial charge in [-0.05, 0) is 46.8 Å². The quantitative estimate of drug-likeness (QED) is 0.743. The molecule has 1 aliphatic heterocycles. The first-order chi connectivity index (χ1) is 7.86. The number of aryl methyl sites for hydroxylation is 2. The van der Waals surface area contributed by atoms with Crippen LogP contribution in [0.1, 0.15) is 11.1 Å². The Morgan fingerprint density at radius 1 is 0.765 bits per heavy atom. The largest absolute Gasteiger partial charge is 0.271 e. The molecular weight excluding hydrogens is 250 g/mol. The molecule has 88 valence electrons. The first-order valence-corrected chi connectivity index (χ1v) is 6.70. The van der Waals surface area contributed by atoms with Gasteiger partial charge in [0, 0.05) is 9.79 Å². The van der Waals surface area contributed by atoms with Crippen LogP contribution in [0.3, 0.4) is 0 Å². The number of halogens is 1. The smallest absolute Gasteiger partial charge is 0.0261 e. The second-order valence-electron chi connectivity index (χ2n) is 4.02. The van der Waals surface area contributed by atoms with Crippen molar-refractivity contribution in [2.75, 3.05) is 0 Å². The summed E-state index contributed by atoms with van der Waals surface area (Å²) in [6, 6.07) is 16.8. The third kappa shape index (κ3) is 2.15. The van der Waals surface area contributed by atoms with Crippen LogP contribution in [0.2, 0.25) is 0 Å². The Bertz CT molecular complexity index is 516. The average molecular weight is 264 g/mol. The van der Waals surface area contributed by atoms with E-state index in [0.29, 0.717) is 0 Å². The summed E-state index contributed by atoms with van der Waals surface area (Å²) in [5.41, 5.74) is 2.69. The van der Waals surface area contributed by atoms with Gasteiger partial charge in [0.2, 0.25) is 0 Å². The third-order valence-corrected chi connectivity index (χ3v) is 4.72. The first kappa shape index (κ1) is 12.3. The summed E-state index contributed by atoms with van der Waals surface area (Å²) in [6.07, 6.45) is 2.13. The summed E-state index contributed by atoms with van der Waals surface area (Å²) < 4.78 is 8.40. The van der Waals surface area contributed by atoms with E-state index in [1.165, 1.54) is 20.9 Å². The Morgan fingerprint density at radius 2 is 1.18 bits per heavy atom. The number of fused-ring (bicyclic) bond motifs is 2. The molecule has 0 amide bonds. The zero-order chi connectivity index (χ0) is 11.0. The SMILES string of the molecule is Cl.N=S1c2ccccc2CCc2ccccc21. The topological polar surface area (TPSA) is 23.9 Å². The highest BCUT2D eigenvalue weighted by molar-refractivity contribution is 7.86. The zero-order valence-electron chi connectivity index (χ0n) is 9.35. The molecule has 0 radical (unpaired) electrons. The van der Waals surface area contributed by atoms with Crippen LogP contribution in [0.5, 0.6) is 0 Å². The Hall–Kier alpha value is -1.12. The Labute approximate surface area is 110 Å². The van der Waals surface area contributed by atoms with Crippen LogP contribution in [0.15, 0.2) is 58.3 Å². The van der Waals surface area contributed by atoms with E-state index in [4.69, 9.17) is 4.78 Å². The van der Waals surface area contributed by atoms with Gasteiger partial charge in [0.05, 0.1) is 0 Å². The molecule has 0 aromatic heterocycles. The van der Waals surface area contributed by atoms with Crippen LogP contribution >= 0.6 is 12.4 Å². The summed E-state index contributed by atoms with van der Waals surface area (Å²) in [4.78, 5) is 2.40. The lowest BCUT2D eigenvalue weighted by Crippen LogP contribution is -1.93. The lowest BCUT2D eigenvalue weighted by Gasteiger charge is -2.08. The monoisotopic (exact) mass is 263 g/mol. The van der Waals surface area contributed by atoms with Crippen LogP contribution in [-0.4, -0.2) is 0 Å². The molecular formula is C14H14ClNS. The van der Waals surface area contributed by atoms with Crippen LogP contribution < -0.4 is 0 Å². The number of hydrogen-bond acceptors (Lipinski definition) is 1. The second kappa shape index (κ2) is 5.03. The lowest BCUT2D eigenvalue weighted by molar-refractivity contribution is 0.928. The molecule has 0 unspecified atom stereocenters. The standard InChI is InChI=1S/C14H13NS.ClH/c15-16-13-7-3-1-5-11(13)9-10-12-6-2-4-8-14(12)16;/h1-8,15H,9-10H2;1H. The van der Waals surface area contributed by atoms with Gasteiger partial charge in [-0.1, -0.05) is 36.4 Å². The van der Waals surface area contributed by atoms with Gasteiger partial charge < -0.3 is 0 Å². The van der Waals surface area contributed by atoms with Gasteiger partial charge in [-0.15, -0.1) is 12.4 Å². The highest BCUT2D eigenvalue weighted by atomic mass is 35.5. The van der Waals surface area contributed by atoms with Gasteiger partial charge in [-0.3, -0.25) is 4.78 Å². The van der Waals surface area contributed by atoms with Crippen LogP contribution in [0.25, 0.3) is 0 Å². The second-order valence-corrected chi connectivity index (χ2v) is 5.51. The van der Waals surface area contributed by atoms with Crippen LogP contribution in [0.4, 0.5) is 0 Å². The van der Waals surface area contributed by atoms with Crippen molar-refractivity contribution in [3.8, 4) is 0 Å². The summed E-state index contributed by atoms with van der Waals surface area (Å²) >= 11 is 0. The summed E-state index contributed by atoms with van der Waals surface area (Å²) in [5, 5.41) is 0. The molecule has 2 aromatic rings. The molecule has 1 N–H and O–H groups in total. The fourth-order valence-electron chi connectivity index (χ4n) is 2.21. The van der Waals surface area contributed by atoms with E-state index in [0.717, 1.165) is 12.8 Å². The Morgan fingerprint density at radius 3 is 1.65 bits per heavy atom. The zero-order valence-corrected chi connectivity index (χ0v) is 11.0. The third-order valence-electron chi connectivity index (χ3n) is 3.05. The Kier molecular flexibility index (Phi) is 3.65. The average Bonchev–Trinajstić information content (AvgIpc) is 2.49. The first-order valence-electron chi connectivity index (χ1n) is 5.47. The van der Waals surface area contributed by atoms with Crippen molar-refractivity contribution < 1.29 is 0 Å². The number of rotatable bonds is 0. The number of nitrogens with one attached hydrogen (secondary N) is 1. The lowest BCUT2D eigenvalue weighted by atomic mass is 10.0. The minimum atomic E-state index is -0.507. The molecule has 0 atom stereocenters. The maximum atomic E-state index is 8.40. The van der Waals surface area contributed by atoms with Gasteiger partial charge in [0.1, 0.15) is 0 Å². The fraction of sp³-hybridized carbons (Fsp3) is 0.143. The van der Waals surface area contributed by atoms with Crippen molar-refractivity contribution in [2.45, 2.75) is 22.6 Å². The maximum Gasteiger partial charge on any atom is 0.0261 e. The molecule has 1 heterocycles. The molecule has 1 aliphatic rings. The van der Waals surface area contributed by atoms with E-state index in [-0.39, 0.29) is 12.4 Å². The van der Waals surface area contributed by atoms with E-state index in [1.807, 2.05) is 12.1 Å². The summed E-state index contributed by atoms with van der Waals surface area (Å²) in [5.74, 6) is 0. The van der Waals surface area contributed by atoms with Crippen molar-refractivity contribution in [1.29, 1.82) is 4.78 Å². The molecule has 17 heavy (non-hydrogen) atoms. The van der Waals surface area contributed by atoms with Crippen molar-refractivity contribution in [1.82, 2.24) is 0 Å². The van der Waals surface area contributed by atoms with Crippen molar-refractivity contribution in [3.63, 3.8) is 0 Å². The molecule has 0 saturated heterocycles. The molecule has 2 aromatic carbocycles. The van der Waals surface area contributed by atoms with Crippen molar-refractivity contribution in [3.05, 3.63) is 59.7 Å². The highest BCUT2D eigenvalue weighted by Crippen LogP contribution is 2.28. The van der Waals surface area contributed by atoms with Crippen LogP contribution in [-0.2, 0) is 23.5 Å².